The van der Waals surface area contributed by atoms with Gasteiger partial charge in [-0.1, -0.05) is 30.7 Å². The second kappa shape index (κ2) is 5.54. The molecule has 2 heteroatoms. The summed E-state index contributed by atoms with van der Waals surface area (Å²) < 4.78 is 0. The maximum atomic E-state index is 9.48. The van der Waals surface area contributed by atoms with Gasteiger partial charge in [-0.2, -0.15) is 0 Å². The Balaban J connectivity index is 2.09. The molecule has 0 aliphatic heterocycles. The molecule has 2 rings (SSSR count). The first kappa shape index (κ1) is 12.4. The quantitative estimate of drug-likeness (QED) is 0.734. The lowest BCUT2D eigenvalue weighted by atomic mass is 9.76. The summed E-state index contributed by atoms with van der Waals surface area (Å²) in [6, 6.07) is 0. The van der Waals surface area contributed by atoms with Gasteiger partial charge in [0.05, 0.1) is 11.9 Å². The second-order valence-corrected chi connectivity index (χ2v) is 5.11. The topological polar surface area (TPSA) is 40.5 Å². The highest BCUT2D eigenvalue weighted by Crippen LogP contribution is 2.35. The minimum absolute atomic E-state index is 0.243. The van der Waals surface area contributed by atoms with Crippen LogP contribution in [-0.4, -0.2) is 16.3 Å². The van der Waals surface area contributed by atoms with Gasteiger partial charge >= 0.3 is 0 Å². The van der Waals surface area contributed by atoms with Gasteiger partial charge in [-0.05, 0) is 43.6 Å². The molecule has 3 unspecified atom stereocenters. The molecule has 0 aromatic rings. The molecule has 2 N–H and O–H groups in total. The zero-order valence-electron chi connectivity index (χ0n) is 10.5. The van der Waals surface area contributed by atoms with Gasteiger partial charge in [0.15, 0.2) is 0 Å². The number of hydrogen-bond donors (Lipinski definition) is 2. The van der Waals surface area contributed by atoms with E-state index in [-0.39, 0.29) is 6.10 Å². The van der Waals surface area contributed by atoms with Crippen LogP contribution in [0.25, 0.3) is 0 Å². The van der Waals surface area contributed by atoms with Crippen LogP contribution in [0.1, 0.15) is 39.0 Å². The predicted molar refractivity (Wildman–Crippen MR) is 69.7 cm³/mol. The molecule has 17 heavy (non-hydrogen) atoms. The summed E-state index contributed by atoms with van der Waals surface area (Å²) in [5.74, 6) is 1.63. The van der Waals surface area contributed by atoms with Crippen molar-refractivity contribution in [2.45, 2.75) is 45.1 Å². The van der Waals surface area contributed by atoms with Crippen LogP contribution in [0.15, 0.2) is 35.6 Å². The van der Waals surface area contributed by atoms with Crippen molar-refractivity contribution in [1.82, 2.24) is 0 Å². The summed E-state index contributed by atoms with van der Waals surface area (Å²) in [6.45, 7) is 2.22. The molecule has 0 spiro atoms. The fraction of sp³-hybridized carbons (Fsp3) is 0.600. The van der Waals surface area contributed by atoms with Crippen LogP contribution in [0.2, 0.25) is 0 Å². The standard InChI is InChI=1S/C15H22O2/c1-2-15(11-3-7-13(16)8-4-11)12-5-9-14(17)10-6-12/h3,5,7,9,11,13,15-17H,2,4,6,8,10H2,1H3. The molecule has 0 saturated heterocycles. The average molecular weight is 234 g/mol. The molecule has 0 aromatic heterocycles. The van der Waals surface area contributed by atoms with Crippen molar-refractivity contribution in [3.63, 3.8) is 0 Å². The predicted octanol–water partition coefficient (Wildman–Crippen LogP) is 3.50. The van der Waals surface area contributed by atoms with E-state index >= 15 is 0 Å². The largest absolute Gasteiger partial charge is 0.512 e. The molecule has 94 valence electrons. The molecule has 0 fully saturated rings. The zero-order valence-corrected chi connectivity index (χ0v) is 10.5. The third-order valence-corrected chi connectivity index (χ3v) is 3.97. The zero-order chi connectivity index (χ0) is 12.3. The Bertz CT molecular complexity index is 352. The van der Waals surface area contributed by atoms with Crippen LogP contribution in [0.3, 0.4) is 0 Å². The minimum atomic E-state index is -0.243. The lowest BCUT2D eigenvalue weighted by Gasteiger charge is -2.30. The summed E-state index contributed by atoms with van der Waals surface area (Å²) in [6.07, 6.45) is 12.6. The summed E-state index contributed by atoms with van der Waals surface area (Å²) in [5, 5.41) is 18.9. The Morgan fingerprint density at radius 2 is 2.06 bits per heavy atom. The van der Waals surface area contributed by atoms with E-state index in [1.807, 2.05) is 12.2 Å². The monoisotopic (exact) mass is 234 g/mol. The molecule has 0 heterocycles. The van der Waals surface area contributed by atoms with E-state index in [9.17, 15) is 10.2 Å². The number of aliphatic hydroxyl groups is 2. The number of allylic oxidation sites excluding steroid dienone is 5. The molecule has 0 radical (unpaired) electrons. The van der Waals surface area contributed by atoms with E-state index in [0.29, 0.717) is 17.6 Å². The first-order valence-electron chi connectivity index (χ1n) is 6.65. The van der Waals surface area contributed by atoms with Crippen molar-refractivity contribution < 1.29 is 10.2 Å². The van der Waals surface area contributed by atoms with Crippen LogP contribution in [-0.2, 0) is 0 Å². The van der Waals surface area contributed by atoms with Crippen molar-refractivity contribution in [1.29, 1.82) is 0 Å². The highest BCUT2D eigenvalue weighted by atomic mass is 16.3. The first-order valence-corrected chi connectivity index (χ1v) is 6.65. The molecule has 2 aliphatic rings. The molecular weight excluding hydrogens is 212 g/mol. The van der Waals surface area contributed by atoms with Gasteiger partial charge in [-0.15, -0.1) is 0 Å². The van der Waals surface area contributed by atoms with Gasteiger partial charge < -0.3 is 10.2 Å². The van der Waals surface area contributed by atoms with Crippen molar-refractivity contribution in [3.05, 3.63) is 35.6 Å². The van der Waals surface area contributed by atoms with E-state index in [1.165, 1.54) is 5.57 Å². The Morgan fingerprint density at radius 3 is 2.59 bits per heavy atom. The second-order valence-electron chi connectivity index (χ2n) is 5.11. The van der Waals surface area contributed by atoms with Crippen molar-refractivity contribution in [2.24, 2.45) is 11.8 Å². The van der Waals surface area contributed by atoms with Crippen molar-refractivity contribution in [3.8, 4) is 0 Å². The molecule has 2 nitrogen and oxygen atoms in total. The SMILES string of the molecule is CCC(C1=CC=C(O)CC1)C1C=CC(O)CC1. The van der Waals surface area contributed by atoms with Gasteiger partial charge in [-0.3, -0.25) is 0 Å². The maximum absolute atomic E-state index is 9.48. The smallest absolute Gasteiger partial charge is 0.0925 e. The fourth-order valence-electron chi connectivity index (χ4n) is 2.95. The Morgan fingerprint density at radius 1 is 1.24 bits per heavy atom. The first-order chi connectivity index (χ1) is 8.20. The van der Waals surface area contributed by atoms with Gasteiger partial charge in [0, 0.05) is 6.42 Å². The van der Waals surface area contributed by atoms with E-state index in [4.69, 9.17) is 0 Å². The van der Waals surface area contributed by atoms with E-state index in [0.717, 1.165) is 32.1 Å². The lowest BCUT2D eigenvalue weighted by molar-refractivity contribution is 0.186. The van der Waals surface area contributed by atoms with Crippen LogP contribution in [0.4, 0.5) is 0 Å². The van der Waals surface area contributed by atoms with Crippen LogP contribution < -0.4 is 0 Å². The van der Waals surface area contributed by atoms with E-state index in [2.05, 4.69) is 19.1 Å². The van der Waals surface area contributed by atoms with Crippen LogP contribution in [0, 0.1) is 11.8 Å². The van der Waals surface area contributed by atoms with Gasteiger partial charge in [0.25, 0.3) is 0 Å². The van der Waals surface area contributed by atoms with Gasteiger partial charge in [0.1, 0.15) is 0 Å². The van der Waals surface area contributed by atoms with E-state index in [1.54, 1.807) is 0 Å². The van der Waals surface area contributed by atoms with E-state index < -0.39 is 0 Å². The Labute approximate surface area is 103 Å². The fourth-order valence-corrected chi connectivity index (χ4v) is 2.95. The number of hydrogen-bond acceptors (Lipinski definition) is 2. The van der Waals surface area contributed by atoms with Crippen molar-refractivity contribution in [2.75, 3.05) is 0 Å². The lowest BCUT2D eigenvalue weighted by Crippen LogP contribution is -2.21. The molecule has 3 atom stereocenters. The summed E-state index contributed by atoms with van der Waals surface area (Å²) in [7, 11) is 0. The molecule has 0 amide bonds. The van der Waals surface area contributed by atoms with Crippen molar-refractivity contribution >= 4 is 0 Å². The highest BCUT2D eigenvalue weighted by Gasteiger charge is 2.25. The number of rotatable bonds is 3. The molecular formula is C15H22O2. The van der Waals surface area contributed by atoms with Gasteiger partial charge in [-0.25, -0.2) is 0 Å². The normalized spacial score (nSPS) is 30.7. The molecule has 0 saturated carbocycles. The molecule has 0 bridgehead atoms. The number of aliphatic hydroxyl groups excluding tert-OH is 2. The average Bonchev–Trinajstić information content (AvgIpc) is 2.35. The van der Waals surface area contributed by atoms with Crippen LogP contribution >= 0.6 is 0 Å². The Hall–Kier alpha value is -1.02. The summed E-state index contributed by atoms with van der Waals surface area (Å²) >= 11 is 0. The third-order valence-electron chi connectivity index (χ3n) is 3.97. The van der Waals surface area contributed by atoms with Gasteiger partial charge in [0.2, 0.25) is 0 Å². The summed E-state index contributed by atoms with van der Waals surface area (Å²) in [5.41, 5.74) is 1.45. The Kier molecular flexibility index (Phi) is 4.06. The highest BCUT2D eigenvalue weighted by molar-refractivity contribution is 5.24. The molecule has 2 aliphatic carbocycles. The maximum Gasteiger partial charge on any atom is 0.0925 e. The minimum Gasteiger partial charge on any atom is -0.512 e. The third kappa shape index (κ3) is 3.01. The molecule has 0 aromatic carbocycles. The van der Waals surface area contributed by atoms with Crippen LogP contribution in [0.5, 0.6) is 0 Å². The summed E-state index contributed by atoms with van der Waals surface area (Å²) in [4.78, 5) is 0.